The Labute approximate surface area is 121 Å². The van der Waals surface area contributed by atoms with Crippen molar-refractivity contribution in [2.45, 2.75) is 26.3 Å². The average molecular weight is 275 g/mol. The predicted octanol–water partition coefficient (Wildman–Crippen LogP) is 2.11. The SMILES string of the molecule is CNc1ccc(C(=O)NC2CCN(C)CC2C)c(C)c1. The molecule has 4 nitrogen and oxygen atoms in total. The highest BCUT2D eigenvalue weighted by Crippen LogP contribution is 2.18. The van der Waals surface area contributed by atoms with E-state index >= 15 is 0 Å². The molecule has 4 heteroatoms. The van der Waals surface area contributed by atoms with Crippen LogP contribution in [-0.2, 0) is 0 Å². The van der Waals surface area contributed by atoms with Crippen LogP contribution in [-0.4, -0.2) is 44.0 Å². The minimum atomic E-state index is 0.0477. The zero-order valence-corrected chi connectivity index (χ0v) is 12.9. The molecule has 1 fully saturated rings. The zero-order valence-electron chi connectivity index (χ0n) is 12.9. The third kappa shape index (κ3) is 3.31. The van der Waals surface area contributed by atoms with Crippen LogP contribution in [0.2, 0.25) is 0 Å². The number of nitrogens with zero attached hydrogens (tertiary/aromatic N) is 1. The lowest BCUT2D eigenvalue weighted by atomic mass is 9.93. The molecule has 0 radical (unpaired) electrons. The Morgan fingerprint density at radius 3 is 2.75 bits per heavy atom. The summed E-state index contributed by atoms with van der Waals surface area (Å²) in [4.78, 5) is 14.7. The molecule has 2 N–H and O–H groups in total. The van der Waals surface area contributed by atoms with Crippen LogP contribution in [0.1, 0.15) is 29.3 Å². The van der Waals surface area contributed by atoms with E-state index in [9.17, 15) is 4.79 Å². The van der Waals surface area contributed by atoms with Gasteiger partial charge in [-0.3, -0.25) is 4.79 Å². The number of carbonyl (C=O) groups excluding carboxylic acids is 1. The van der Waals surface area contributed by atoms with Gasteiger partial charge in [-0.1, -0.05) is 6.92 Å². The third-order valence-electron chi connectivity index (χ3n) is 4.18. The van der Waals surface area contributed by atoms with E-state index in [2.05, 4.69) is 29.5 Å². The van der Waals surface area contributed by atoms with Crippen molar-refractivity contribution < 1.29 is 4.79 Å². The summed E-state index contributed by atoms with van der Waals surface area (Å²) in [6, 6.07) is 6.13. The molecule has 2 atom stereocenters. The number of rotatable bonds is 3. The zero-order chi connectivity index (χ0) is 14.7. The second-order valence-electron chi connectivity index (χ2n) is 5.89. The van der Waals surface area contributed by atoms with Gasteiger partial charge in [0.25, 0.3) is 5.91 Å². The van der Waals surface area contributed by atoms with Gasteiger partial charge in [-0.25, -0.2) is 0 Å². The highest BCUT2D eigenvalue weighted by atomic mass is 16.1. The first-order chi connectivity index (χ1) is 9.51. The molecule has 0 bridgehead atoms. The summed E-state index contributed by atoms with van der Waals surface area (Å²) in [6.07, 6.45) is 1.02. The molecule has 2 unspecified atom stereocenters. The standard InChI is InChI=1S/C16H25N3O/c1-11-9-13(17-3)5-6-14(11)16(20)18-15-7-8-19(4)10-12(15)2/h5-6,9,12,15,17H,7-8,10H2,1-4H3,(H,18,20). The van der Waals surface area contributed by atoms with Crippen LogP contribution in [0.3, 0.4) is 0 Å². The highest BCUT2D eigenvalue weighted by molar-refractivity contribution is 5.96. The lowest BCUT2D eigenvalue weighted by molar-refractivity contribution is 0.0883. The van der Waals surface area contributed by atoms with Crippen LogP contribution >= 0.6 is 0 Å². The fourth-order valence-corrected chi connectivity index (χ4v) is 2.89. The van der Waals surface area contributed by atoms with E-state index < -0.39 is 0 Å². The largest absolute Gasteiger partial charge is 0.388 e. The van der Waals surface area contributed by atoms with Gasteiger partial charge in [0.2, 0.25) is 0 Å². The molecular weight excluding hydrogens is 250 g/mol. The van der Waals surface area contributed by atoms with Gasteiger partial charge in [-0.2, -0.15) is 0 Å². The number of aryl methyl sites for hydroxylation is 1. The quantitative estimate of drug-likeness (QED) is 0.888. The number of hydrogen-bond donors (Lipinski definition) is 2. The fraction of sp³-hybridized carbons (Fsp3) is 0.562. The molecule has 1 aliphatic rings. The first kappa shape index (κ1) is 14.9. The minimum Gasteiger partial charge on any atom is -0.388 e. The molecule has 1 aliphatic heterocycles. The number of carbonyl (C=O) groups is 1. The second kappa shape index (κ2) is 6.27. The van der Waals surface area contributed by atoms with Crippen molar-refractivity contribution in [3.05, 3.63) is 29.3 Å². The number of hydrogen-bond acceptors (Lipinski definition) is 3. The summed E-state index contributed by atoms with van der Waals surface area (Å²) in [6.45, 7) is 6.28. The van der Waals surface area contributed by atoms with Crippen molar-refractivity contribution in [3.63, 3.8) is 0 Å². The van der Waals surface area contributed by atoms with Crippen LogP contribution in [0, 0.1) is 12.8 Å². The topological polar surface area (TPSA) is 44.4 Å². The minimum absolute atomic E-state index is 0.0477. The average Bonchev–Trinajstić information content (AvgIpc) is 2.41. The maximum Gasteiger partial charge on any atom is 0.251 e. The highest BCUT2D eigenvalue weighted by Gasteiger charge is 2.26. The predicted molar refractivity (Wildman–Crippen MR) is 83.3 cm³/mol. The van der Waals surface area contributed by atoms with E-state index in [-0.39, 0.29) is 11.9 Å². The van der Waals surface area contributed by atoms with Gasteiger partial charge in [0.1, 0.15) is 0 Å². The number of benzene rings is 1. The molecular formula is C16H25N3O. The van der Waals surface area contributed by atoms with E-state index in [0.29, 0.717) is 5.92 Å². The van der Waals surface area contributed by atoms with Gasteiger partial charge in [0, 0.05) is 30.9 Å². The maximum absolute atomic E-state index is 12.4. The summed E-state index contributed by atoms with van der Waals surface area (Å²) in [7, 11) is 4.02. The number of likely N-dealkylation sites (tertiary alicyclic amines) is 1. The van der Waals surface area contributed by atoms with E-state index in [1.54, 1.807) is 0 Å². The normalized spacial score (nSPS) is 23.4. The first-order valence-electron chi connectivity index (χ1n) is 7.29. The second-order valence-corrected chi connectivity index (χ2v) is 5.89. The van der Waals surface area contributed by atoms with Crippen molar-refractivity contribution in [2.24, 2.45) is 5.92 Å². The van der Waals surface area contributed by atoms with E-state index in [1.807, 2.05) is 32.2 Å². The molecule has 0 saturated carbocycles. The molecule has 1 aromatic rings. The maximum atomic E-state index is 12.4. The van der Waals surface area contributed by atoms with Gasteiger partial charge >= 0.3 is 0 Å². The molecule has 110 valence electrons. The smallest absolute Gasteiger partial charge is 0.251 e. The number of anilines is 1. The molecule has 0 aliphatic carbocycles. The molecule has 2 rings (SSSR count). The summed E-state index contributed by atoms with van der Waals surface area (Å²) in [5.41, 5.74) is 2.82. The van der Waals surface area contributed by atoms with Gasteiger partial charge in [0.05, 0.1) is 0 Å². The summed E-state index contributed by atoms with van der Waals surface area (Å²) < 4.78 is 0. The van der Waals surface area contributed by atoms with Crippen LogP contribution in [0.5, 0.6) is 0 Å². The molecule has 1 aromatic carbocycles. The van der Waals surface area contributed by atoms with Crippen LogP contribution < -0.4 is 10.6 Å². The summed E-state index contributed by atoms with van der Waals surface area (Å²) >= 11 is 0. The van der Waals surface area contributed by atoms with Crippen LogP contribution in [0.15, 0.2) is 18.2 Å². The summed E-state index contributed by atoms with van der Waals surface area (Å²) in [5, 5.41) is 6.29. The Bertz CT molecular complexity index is 487. The summed E-state index contributed by atoms with van der Waals surface area (Å²) in [5.74, 6) is 0.543. The number of nitrogens with one attached hydrogen (secondary N) is 2. The Hall–Kier alpha value is -1.55. The van der Waals surface area contributed by atoms with Crippen molar-refractivity contribution in [1.82, 2.24) is 10.2 Å². The Balaban J connectivity index is 2.05. The van der Waals surface area contributed by atoms with Crippen LogP contribution in [0.4, 0.5) is 5.69 Å². The van der Waals surface area contributed by atoms with Gasteiger partial charge < -0.3 is 15.5 Å². The van der Waals surface area contributed by atoms with Crippen molar-refractivity contribution >= 4 is 11.6 Å². The van der Waals surface area contributed by atoms with Gasteiger partial charge in [-0.15, -0.1) is 0 Å². The van der Waals surface area contributed by atoms with Gasteiger partial charge in [0.15, 0.2) is 0 Å². The lowest BCUT2D eigenvalue weighted by Crippen LogP contribution is -2.48. The Morgan fingerprint density at radius 2 is 2.15 bits per heavy atom. The molecule has 0 aromatic heterocycles. The Morgan fingerprint density at radius 1 is 1.40 bits per heavy atom. The van der Waals surface area contributed by atoms with Gasteiger partial charge in [-0.05, 0) is 56.6 Å². The van der Waals surface area contributed by atoms with Crippen molar-refractivity contribution in [2.75, 3.05) is 32.5 Å². The molecule has 1 saturated heterocycles. The first-order valence-corrected chi connectivity index (χ1v) is 7.29. The monoisotopic (exact) mass is 275 g/mol. The van der Waals surface area contributed by atoms with Crippen molar-refractivity contribution in [1.29, 1.82) is 0 Å². The van der Waals surface area contributed by atoms with E-state index in [0.717, 1.165) is 36.3 Å². The fourth-order valence-electron chi connectivity index (χ4n) is 2.89. The molecule has 1 amide bonds. The number of amides is 1. The Kier molecular flexibility index (Phi) is 4.65. The van der Waals surface area contributed by atoms with E-state index in [4.69, 9.17) is 0 Å². The van der Waals surface area contributed by atoms with Crippen LogP contribution in [0.25, 0.3) is 0 Å². The van der Waals surface area contributed by atoms with E-state index in [1.165, 1.54) is 0 Å². The third-order valence-corrected chi connectivity index (χ3v) is 4.18. The molecule has 0 spiro atoms. The van der Waals surface area contributed by atoms with Crippen molar-refractivity contribution in [3.8, 4) is 0 Å². The lowest BCUT2D eigenvalue weighted by Gasteiger charge is -2.35. The molecule has 20 heavy (non-hydrogen) atoms. The number of piperidine rings is 1. The molecule has 1 heterocycles.